The zero-order valence-electron chi connectivity index (χ0n) is 12.7. The summed E-state index contributed by atoms with van der Waals surface area (Å²) in [7, 11) is 2.17. The van der Waals surface area contributed by atoms with E-state index in [1.54, 1.807) is 0 Å². The molecule has 0 unspecified atom stereocenters. The number of nitrogens with one attached hydrogen (secondary N) is 1. The van der Waals surface area contributed by atoms with Gasteiger partial charge in [-0.2, -0.15) is 0 Å². The molecule has 1 aromatic rings. The van der Waals surface area contributed by atoms with E-state index >= 15 is 0 Å². The third-order valence-electron chi connectivity index (χ3n) is 4.37. The SMILES string of the molecule is CCNCc1cc2c(cc1Cl)N(C)C(C)(C)C[C@@H]2C. The summed E-state index contributed by atoms with van der Waals surface area (Å²) in [5.74, 6) is 0.582. The number of benzene rings is 1. The van der Waals surface area contributed by atoms with Crippen molar-refractivity contribution in [3.8, 4) is 0 Å². The van der Waals surface area contributed by atoms with E-state index < -0.39 is 0 Å². The van der Waals surface area contributed by atoms with E-state index in [0.717, 1.165) is 18.1 Å². The van der Waals surface area contributed by atoms with Crippen LogP contribution in [0.15, 0.2) is 12.1 Å². The molecule has 0 spiro atoms. The van der Waals surface area contributed by atoms with E-state index in [1.165, 1.54) is 23.2 Å². The average Bonchev–Trinajstić information content (AvgIpc) is 2.34. The lowest BCUT2D eigenvalue weighted by Crippen LogP contribution is -2.45. The second kappa shape index (κ2) is 5.34. The van der Waals surface area contributed by atoms with Crippen molar-refractivity contribution in [2.45, 2.75) is 52.1 Å². The van der Waals surface area contributed by atoms with Crippen molar-refractivity contribution in [2.24, 2.45) is 0 Å². The molecule has 1 heterocycles. The van der Waals surface area contributed by atoms with Gasteiger partial charge in [0.25, 0.3) is 0 Å². The number of anilines is 1. The lowest BCUT2D eigenvalue weighted by molar-refractivity contribution is 0.395. The molecule has 0 saturated carbocycles. The smallest absolute Gasteiger partial charge is 0.0471 e. The Balaban J connectivity index is 2.43. The van der Waals surface area contributed by atoms with E-state index in [0.29, 0.717) is 5.92 Å². The van der Waals surface area contributed by atoms with Crippen LogP contribution >= 0.6 is 11.6 Å². The molecule has 0 aliphatic carbocycles. The predicted molar refractivity (Wildman–Crippen MR) is 84.3 cm³/mol. The molecule has 0 bridgehead atoms. The van der Waals surface area contributed by atoms with E-state index in [4.69, 9.17) is 11.6 Å². The molecule has 3 heteroatoms. The number of nitrogens with zero attached hydrogens (tertiary/aromatic N) is 1. The molecule has 1 aliphatic heterocycles. The standard InChI is InChI=1S/C16H25ClN2/c1-6-18-10-12-7-13-11(2)9-16(3,4)19(5)15(13)8-14(12)17/h7-8,11,18H,6,9-10H2,1-5H3/t11-/m0/s1. The topological polar surface area (TPSA) is 15.3 Å². The van der Waals surface area contributed by atoms with Gasteiger partial charge in [0.1, 0.15) is 0 Å². The monoisotopic (exact) mass is 280 g/mol. The highest BCUT2D eigenvalue weighted by molar-refractivity contribution is 6.31. The Morgan fingerprint density at radius 3 is 2.74 bits per heavy atom. The van der Waals surface area contributed by atoms with Crippen molar-refractivity contribution < 1.29 is 0 Å². The van der Waals surface area contributed by atoms with Crippen LogP contribution in [0.4, 0.5) is 5.69 Å². The highest BCUT2D eigenvalue weighted by atomic mass is 35.5. The van der Waals surface area contributed by atoms with Crippen LogP contribution in [0.1, 0.15) is 51.2 Å². The maximum Gasteiger partial charge on any atom is 0.0471 e. The summed E-state index contributed by atoms with van der Waals surface area (Å²) in [5, 5.41) is 4.23. The third-order valence-corrected chi connectivity index (χ3v) is 4.72. The van der Waals surface area contributed by atoms with Gasteiger partial charge in [-0.3, -0.25) is 0 Å². The van der Waals surface area contributed by atoms with Crippen molar-refractivity contribution in [1.29, 1.82) is 0 Å². The largest absolute Gasteiger partial charge is 0.369 e. The number of hydrogen-bond donors (Lipinski definition) is 1. The normalized spacial score (nSPS) is 21.4. The Bertz CT molecular complexity index is 468. The molecular formula is C16H25ClN2. The zero-order valence-corrected chi connectivity index (χ0v) is 13.4. The minimum Gasteiger partial charge on any atom is -0.369 e. The van der Waals surface area contributed by atoms with Gasteiger partial charge < -0.3 is 10.2 Å². The van der Waals surface area contributed by atoms with Crippen molar-refractivity contribution in [3.05, 3.63) is 28.3 Å². The summed E-state index contributed by atoms with van der Waals surface area (Å²) < 4.78 is 0. The number of fused-ring (bicyclic) bond motifs is 1. The van der Waals surface area contributed by atoms with Gasteiger partial charge in [-0.25, -0.2) is 0 Å². The second-order valence-electron chi connectivity index (χ2n) is 6.26. The average molecular weight is 281 g/mol. The molecular weight excluding hydrogens is 256 g/mol. The molecule has 1 atom stereocenters. The van der Waals surface area contributed by atoms with Gasteiger partial charge in [0.05, 0.1) is 0 Å². The van der Waals surface area contributed by atoms with Crippen molar-refractivity contribution >= 4 is 17.3 Å². The summed E-state index contributed by atoms with van der Waals surface area (Å²) >= 11 is 6.44. The van der Waals surface area contributed by atoms with E-state index in [1.807, 2.05) is 0 Å². The highest BCUT2D eigenvalue weighted by Crippen LogP contribution is 2.44. The minimum absolute atomic E-state index is 0.193. The summed E-state index contributed by atoms with van der Waals surface area (Å²) in [6.45, 7) is 10.8. The fraction of sp³-hybridized carbons (Fsp3) is 0.625. The Morgan fingerprint density at radius 1 is 1.42 bits per heavy atom. The molecule has 1 aromatic carbocycles. The molecule has 19 heavy (non-hydrogen) atoms. The van der Waals surface area contributed by atoms with Crippen LogP contribution in [0.2, 0.25) is 5.02 Å². The molecule has 0 radical (unpaired) electrons. The summed E-state index contributed by atoms with van der Waals surface area (Å²) in [5.41, 5.74) is 4.12. The van der Waals surface area contributed by atoms with Gasteiger partial charge in [0.15, 0.2) is 0 Å². The van der Waals surface area contributed by atoms with Crippen LogP contribution in [0.25, 0.3) is 0 Å². The maximum atomic E-state index is 6.44. The van der Waals surface area contributed by atoms with Crippen LogP contribution < -0.4 is 10.2 Å². The van der Waals surface area contributed by atoms with Crippen LogP contribution in [0.5, 0.6) is 0 Å². The van der Waals surface area contributed by atoms with Crippen LogP contribution in [-0.2, 0) is 6.54 Å². The van der Waals surface area contributed by atoms with Crippen LogP contribution in [0, 0.1) is 0 Å². The Hall–Kier alpha value is -0.730. The second-order valence-corrected chi connectivity index (χ2v) is 6.67. The lowest BCUT2D eigenvalue weighted by atomic mass is 9.80. The van der Waals surface area contributed by atoms with E-state index in [2.05, 4.69) is 57.1 Å². The quantitative estimate of drug-likeness (QED) is 0.894. The van der Waals surface area contributed by atoms with Gasteiger partial charge in [0, 0.05) is 29.8 Å². The summed E-state index contributed by atoms with van der Waals surface area (Å²) in [4.78, 5) is 2.37. The number of halogens is 1. The Labute approximate surface area is 122 Å². The molecule has 1 aliphatic rings. The fourth-order valence-corrected chi connectivity index (χ4v) is 3.25. The number of hydrogen-bond acceptors (Lipinski definition) is 2. The number of rotatable bonds is 3. The van der Waals surface area contributed by atoms with Crippen molar-refractivity contribution in [1.82, 2.24) is 5.32 Å². The molecule has 2 rings (SSSR count). The van der Waals surface area contributed by atoms with Gasteiger partial charge in [-0.05, 0) is 49.9 Å². The summed E-state index contributed by atoms with van der Waals surface area (Å²) in [6, 6.07) is 4.43. The molecule has 2 nitrogen and oxygen atoms in total. The predicted octanol–water partition coefficient (Wildman–Crippen LogP) is 4.17. The molecule has 0 amide bonds. The van der Waals surface area contributed by atoms with Crippen LogP contribution in [-0.4, -0.2) is 19.1 Å². The first-order chi connectivity index (χ1) is 8.86. The van der Waals surface area contributed by atoms with Gasteiger partial charge in [0.2, 0.25) is 0 Å². The maximum absolute atomic E-state index is 6.44. The molecule has 0 saturated heterocycles. The highest BCUT2D eigenvalue weighted by Gasteiger charge is 2.34. The summed E-state index contributed by atoms with van der Waals surface area (Å²) in [6.07, 6.45) is 1.18. The van der Waals surface area contributed by atoms with E-state index in [-0.39, 0.29) is 5.54 Å². The van der Waals surface area contributed by atoms with E-state index in [9.17, 15) is 0 Å². The van der Waals surface area contributed by atoms with Crippen LogP contribution in [0.3, 0.4) is 0 Å². The third kappa shape index (κ3) is 2.75. The minimum atomic E-state index is 0.193. The van der Waals surface area contributed by atoms with Gasteiger partial charge in [-0.15, -0.1) is 0 Å². The molecule has 106 valence electrons. The van der Waals surface area contributed by atoms with Crippen molar-refractivity contribution in [2.75, 3.05) is 18.5 Å². The Kier molecular flexibility index (Phi) is 4.12. The molecule has 1 N–H and O–H groups in total. The van der Waals surface area contributed by atoms with Gasteiger partial charge in [-0.1, -0.05) is 31.5 Å². The molecule has 0 aromatic heterocycles. The lowest BCUT2D eigenvalue weighted by Gasteiger charge is -2.45. The Morgan fingerprint density at radius 2 is 2.11 bits per heavy atom. The first-order valence-corrected chi connectivity index (χ1v) is 7.51. The van der Waals surface area contributed by atoms with Crippen molar-refractivity contribution in [3.63, 3.8) is 0 Å². The van der Waals surface area contributed by atoms with Gasteiger partial charge >= 0.3 is 0 Å². The first kappa shape index (κ1) is 14.7. The fourth-order valence-electron chi connectivity index (χ4n) is 3.03. The zero-order chi connectivity index (χ0) is 14.2. The molecule has 0 fully saturated rings. The first-order valence-electron chi connectivity index (χ1n) is 7.13.